The van der Waals surface area contributed by atoms with E-state index in [1.54, 1.807) is 10.8 Å². The molecule has 1 aliphatic heterocycles. The number of nitrogens with zero attached hydrogens (tertiary/aromatic N) is 4. The van der Waals surface area contributed by atoms with Crippen LogP contribution in [0.4, 0.5) is 0 Å². The fraction of sp³-hybridized carbons (Fsp3) is 0.417. The first-order valence-corrected chi connectivity index (χ1v) is 6.43. The largest absolute Gasteiger partial charge is 0.313 e. The molecule has 2 heterocycles. The first kappa shape index (κ1) is 20.6. The van der Waals surface area contributed by atoms with Crippen molar-refractivity contribution in [3.63, 3.8) is 0 Å². The van der Waals surface area contributed by atoms with E-state index in [1.807, 2.05) is 18.5 Å². The van der Waals surface area contributed by atoms with E-state index in [9.17, 15) is 0 Å². The van der Waals surface area contributed by atoms with Crippen molar-refractivity contribution in [2.24, 2.45) is 0 Å². The van der Waals surface area contributed by atoms with E-state index < -0.39 is 0 Å². The van der Waals surface area contributed by atoms with Crippen LogP contribution in [0.5, 0.6) is 0 Å². The molecule has 1 aromatic rings. The van der Waals surface area contributed by atoms with Gasteiger partial charge in [0.15, 0.2) is 0 Å². The molecule has 19 heavy (non-hydrogen) atoms. The predicted octanol–water partition coefficient (Wildman–Crippen LogP) is 0.804. The maximum absolute atomic E-state index is 7.23. The standard InChI is InChI=1S/C10H14N2.2CHNS.Cu/c1-12-7-3-5-10(12)9-4-2-6-11-8-9;2*2-1-3;/h2,4,6,8,10H,3,5,7H2,1H3;2*3H;/p+2. The SMILES string of the molecule is CN1CCCC1c1cccnc1.N#C[SH2+].N#C[SH2+].[Cu]. The fourth-order valence-corrected chi connectivity index (χ4v) is 1.90. The van der Waals surface area contributed by atoms with Gasteiger partial charge < -0.3 is 0 Å². The van der Waals surface area contributed by atoms with Crippen LogP contribution in [-0.4, -0.2) is 23.5 Å². The average Bonchev–Trinajstić information content (AvgIpc) is 2.79. The molecule has 1 unspecified atom stereocenters. The predicted molar refractivity (Wildman–Crippen MR) is 80.4 cm³/mol. The van der Waals surface area contributed by atoms with Crippen molar-refractivity contribution in [3.05, 3.63) is 30.1 Å². The Bertz CT molecular complexity index is 390. The second-order valence-corrected chi connectivity index (χ2v) is 4.10. The minimum absolute atomic E-state index is 0. The Morgan fingerprint density at radius 2 is 1.95 bits per heavy atom. The number of aromatic nitrogens is 1. The molecule has 1 radical (unpaired) electrons. The van der Waals surface area contributed by atoms with Crippen LogP contribution in [0.2, 0.25) is 0 Å². The van der Waals surface area contributed by atoms with Gasteiger partial charge in [0.05, 0.1) is 25.3 Å². The molecule has 2 rings (SSSR count). The maximum atomic E-state index is 7.23. The topological polar surface area (TPSA) is 63.7 Å². The van der Waals surface area contributed by atoms with E-state index in [0.29, 0.717) is 6.04 Å². The molecule has 7 heteroatoms. The van der Waals surface area contributed by atoms with Crippen LogP contribution in [0.25, 0.3) is 0 Å². The number of thiocyanates is 2. The average molecular weight is 346 g/mol. The summed E-state index contributed by atoms with van der Waals surface area (Å²) in [4.78, 5) is 6.54. The molecule has 0 amide bonds. The Balaban J connectivity index is 0. The van der Waals surface area contributed by atoms with Gasteiger partial charge in [0.1, 0.15) is 0 Å². The minimum atomic E-state index is 0. The molecule has 0 bridgehead atoms. The molecule has 0 N–H and O–H groups in total. The van der Waals surface area contributed by atoms with Gasteiger partial charge in [-0.15, -0.1) is 10.5 Å². The third-order valence-corrected chi connectivity index (χ3v) is 2.59. The molecule has 0 spiro atoms. The van der Waals surface area contributed by atoms with Gasteiger partial charge in [-0.2, -0.15) is 0 Å². The molecule has 1 aromatic heterocycles. The Hall–Kier alpha value is -0.691. The van der Waals surface area contributed by atoms with Gasteiger partial charge in [0.2, 0.25) is 0 Å². The van der Waals surface area contributed by atoms with Crippen molar-refractivity contribution in [3.8, 4) is 10.8 Å². The van der Waals surface area contributed by atoms with Crippen LogP contribution in [0.15, 0.2) is 24.5 Å². The molecule has 0 aliphatic carbocycles. The molecule has 0 aromatic carbocycles. The Morgan fingerprint density at radius 1 is 1.37 bits per heavy atom. The number of hydrogen-bond acceptors (Lipinski definition) is 4. The maximum Gasteiger partial charge on any atom is 0.313 e. The molecule has 4 nitrogen and oxygen atoms in total. The first-order valence-electron chi connectivity index (χ1n) is 5.43. The van der Waals surface area contributed by atoms with Gasteiger partial charge in [-0.1, -0.05) is 6.07 Å². The minimum Gasteiger partial charge on any atom is -0.299 e. The smallest absolute Gasteiger partial charge is 0.299 e. The van der Waals surface area contributed by atoms with Crippen molar-refractivity contribution < 1.29 is 17.1 Å². The Morgan fingerprint density at radius 3 is 2.32 bits per heavy atom. The van der Waals surface area contributed by atoms with Gasteiger partial charge in [-0.05, 0) is 38.1 Å². The van der Waals surface area contributed by atoms with Crippen LogP contribution in [0.3, 0.4) is 0 Å². The summed E-state index contributed by atoms with van der Waals surface area (Å²) in [6, 6.07) is 4.79. The summed E-state index contributed by atoms with van der Waals surface area (Å²) in [5.41, 5.74) is 1.36. The molecular formula is C12H18CuN4S2+2. The zero-order valence-corrected chi connectivity index (χ0v) is 13.5. The van der Waals surface area contributed by atoms with Gasteiger partial charge in [0, 0.05) is 35.5 Å². The number of nitriles is 2. The van der Waals surface area contributed by atoms with E-state index in [1.165, 1.54) is 24.9 Å². The summed E-state index contributed by atoms with van der Waals surface area (Å²) in [7, 11) is 2.19. The third kappa shape index (κ3) is 8.93. The molecule has 0 saturated carbocycles. The van der Waals surface area contributed by atoms with E-state index in [-0.39, 0.29) is 17.1 Å². The van der Waals surface area contributed by atoms with Gasteiger partial charge >= 0.3 is 10.8 Å². The second-order valence-electron chi connectivity index (χ2n) is 3.65. The van der Waals surface area contributed by atoms with Crippen LogP contribution < -0.4 is 0 Å². The molecule has 1 aliphatic rings. The fourth-order valence-electron chi connectivity index (χ4n) is 1.90. The summed E-state index contributed by atoms with van der Waals surface area (Å²) < 4.78 is 0. The van der Waals surface area contributed by atoms with Crippen molar-refractivity contribution in [2.45, 2.75) is 18.9 Å². The first-order chi connectivity index (χ1) is 8.71. The van der Waals surface area contributed by atoms with Crippen LogP contribution in [0, 0.1) is 21.3 Å². The van der Waals surface area contributed by atoms with Gasteiger partial charge in [-0.25, -0.2) is 0 Å². The van der Waals surface area contributed by atoms with Crippen molar-refractivity contribution in [1.82, 2.24) is 9.88 Å². The molecule has 107 valence electrons. The van der Waals surface area contributed by atoms with Crippen LogP contribution in [0.1, 0.15) is 24.4 Å². The summed E-state index contributed by atoms with van der Waals surface area (Å²) in [6.07, 6.45) is 6.41. The summed E-state index contributed by atoms with van der Waals surface area (Å²) in [6.45, 7) is 1.22. The van der Waals surface area contributed by atoms with Crippen LogP contribution in [-0.2, 0) is 42.3 Å². The zero-order valence-electron chi connectivity index (χ0n) is 10.6. The molecule has 1 atom stereocenters. The number of likely N-dealkylation sites (tertiary alicyclic amines) is 1. The van der Waals surface area contributed by atoms with E-state index in [0.717, 1.165) is 0 Å². The number of hydrogen-bond donors (Lipinski definition) is 0. The summed E-state index contributed by atoms with van der Waals surface area (Å²) >= 11 is 4.98. The molecule has 1 saturated heterocycles. The zero-order chi connectivity index (χ0) is 13.8. The normalized spacial score (nSPS) is 16.4. The number of pyridine rings is 1. The molecule has 1 fully saturated rings. The van der Waals surface area contributed by atoms with Crippen LogP contribution >= 0.6 is 0 Å². The third-order valence-electron chi connectivity index (χ3n) is 2.59. The van der Waals surface area contributed by atoms with Crippen molar-refractivity contribution >= 4 is 25.3 Å². The van der Waals surface area contributed by atoms with E-state index in [4.69, 9.17) is 10.5 Å². The van der Waals surface area contributed by atoms with Crippen molar-refractivity contribution in [1.29, 1.82) is 10.5 Å². The molecular weight excluding hydrogens is 328 g/mol. The Labute approximate surface area is 136 Å². The second kappa shape index (κ2) is 13.7. The van der Waals surface area contributed by atoms with Gasteiger partial charge in [0.25, 0.3) is 0 Å². The van der Waals surface area contributed by atoms with E-state index in [2.05, 4.69) is 48.3 Å². The Kier molecular flexibility index (Phi) is 14.9. The quantitative estimate of drug-likeness (QED) is 0.429. The van der Waals surface area contributed by atoms with Gasteiger partial charge in [-0.3, -0.25) is 9.88 Å². The van der Waals surface area contributed by atoms with Crippen molar-refractivity contribution in [2.75, 3.05) is 13.6 Å². The van der Waals surface area contributed by atoms with E-state index >= 15 is 0 Å². The number of rotatable bonds is 1. The summed E-state index contributed by atoms with van der Waals surface area (Å²) in [5.74, 6) is 0. The monoisotopic (exact) mass is 345 g/mol. The summed E-state index contributed by atoms with van der Waals surface area (Å²) in [5, 5.41) is 17.6.